The van der Waals surface area contributed by atoms with Gasteiger partial charge in [0.05, 0.1) is 0 Å². The third-order valence-electron chi connectivity index (χ3n) is 3.45. The maximum atomic E-state index is 11.6. The lowest BCUT2D eigenvalue weighted by molar-refractivity contribution is -0.134. The number of likely N-dealkylation sites (tertiary alicyclic amines) is 1. The second-order valence-electron chi connectivity index (χ2n) is 4.63. The van der Waals surface area contributed by atoms with Crippen molar-refractivity contribution in [3.05, 3.63) is 0 Å². The fourth-order valence-electron chi connectivity index (χ4n) is 2.54. The monoisotopic (exact) mass is 182 g/mol. The smallest absolute Gasteiger partial charge is 0.225 e. The number of hydrogen-bond acceptors (Lipinski definition) is 2. The van der Waals surface area contributed by atoms with Crippen LogP contribution in [0.3, 0.4) is 0 Å². The zero-order chi connectivity index (χ0) is 9.59. The van der Waals surface area contributed by atoms with Crippen LogP contribution >= 0.6 is 0 Å². The Kier molecular flexibility index (Phi) is 2.06. The number of carbonyl (C=O) groups is 1. The molecule has 1 saturated carbocycles. The quantitative estimate of drug-likeness (QED) is 0.668. The largest absolute Gasteiger partial charge is 0.342 e. The highest BCUT2D eigenvalue weighted by Crippen LogP contribution is 2.51. The van der Waals surface area contributed by atoms with Gasteiger partial charge in [0, 0.05) is 19.0 Å². The minimum atomic E-state index is 0.147. The van der Waals surface area contributed by atoms with Gasteiger partial charge in [-0.05, 0) is 24.3 Å². The van der Waals surface area contributed by atoms with Gasteiger partial charge in [0.1, 0.15) is 0 Å². The summed E-state index contributed by atoms with van der Waals surface area (Å²) in [5.74, 6) is 2.63. The van der Waals surface area contributed by atoms with Gasteiger partial charge < -0.3 is 10.6 Å². The number of rotatable bonds is 2. The zero-order valence-corrected chi connectivity index (χ0v) is 8.36. The van der Waals surface area contributed by atoms with Crippen LogP contribution in [-0.2, 0) is 4.79 Å². The fourth-order valence-corrected chi connectivity index (χ4v) is 2.54. The van der Waals surface area contributed by atoms with Crippen molar-refractivity contribution in [1.82, 2.24) is 4.90 Å². The predicted octanol–water partition coefficient (Wildman–Crippen LogP) is 0.305. The zero-order valence-electron chi connectivity index (χ0n) is 8.36. The Hall–Kier alpha value is -0.570. The molecule has 13 heavy (non-hydrogen) atoms. The molecule has 3 heteroatoms. The standard InChI is InChI=1S/C10H18N2O/c1-6(2)10(13)12-4-8-7(3-11)9(8)5-12/h6-9H,3-5,11H2,1-2H3. The number of piperidine rings is 1. The van der Waals surface area contributed by atoms with E-state index in [4.69, 9.17) is 5.73 Å². The first kappa shape index (κ1) is 9.00. The molecule has 1 heterocycles. The molecule has 0 spiro atoms. The lowest BCUT2D eigenvalue weighted by Crippen LogP contribution is -2.35. The highest BCUT2D eigenvalue weighted by molar-refractivity contribution is 5.78. The van der Waals surface area contributed by atoms with Crippen molar-refractivity contribution in [3.63, 3.8) is 0 Å². The van der Waals surface area contributed by atoms with Crippen molar-refractivity contribution in [2.75, 3.05) is 19.6 Å². The second kappa shape index (κ2) is 2.98. The number of nitrogens with zero attached hydrogens (tertiary/aromatic N) is 1. The lowest BCUT2D eigenvalue weighted by atomic mass is 10.2. The molecule has 74 valence electrons. The maximum absolute atomic E-state index is 11.6. The summed E-state index contributed by atoms with van der Waals surface area (Å²) in [5, 5.41) is 0. The molecule has 1 aliphatic carbocycles. The van der Waals surface area contributed by atoms with Crippen molar-refractivity contribution >= 4 is 5.91 Å². The first-order valence-corrected chi connectivity index (χ1v) is 5.14. The number of fused-ring (bicyclic) bond motifs is 1. The highest BCUT2D eigenvalue weighted by atomic mass is 16.2. The van der Waals surface area contributed by atoms with Crippen LogP contribution in [0.2, 0.25) is 0 Å². The van der Waals surface area contributed by atoms with E-state index in [0.717, 1.165) is 37.4 Å². The normalized spacial score (nSPS) is 36.6. The van der Waals surface area contributed by atoms with E-state index in [2.05, 4.69) is 0 Å². The highest BCUT2D eigenvalue weighted by Gasteiger charge is 2.55. The van der Waals surface area contributed by atoms with Crippen molar-refractivity contribution in [2.24, 2.45) is 29.4 Å². The molecule has 2 aliphatic rings. The van der Waals surface area contributed by atoms with Gasteiger partial charge in [0.2, 0.25) is 5.91 Å². The molecule has 2 N–H and O–H groups in total. The van der Waals surface area contributed by atoms with Gasteiger partial charge in [-0.1, -0.05) is 13.8 Å². The van der Waals surface area contributed by atoms with Gasteiger partial charge in [0.25, 0.3) is 0 Å². The summed E-state index contributed by atoms with van der Waals surface area (Å²) in [6, 6.07) is 0. The van der Waals surface area contributed by atoms with Crippen LogP contribution in [0.4, 0.5) is 0 Å². The van der Waals surface area contributed by atoms with Gasteiger partial charge in [-0.15, -0.1) is 0 Å². The Morgan fingerprint density at radius 1 is 1.46 bits per heavy atom. The number of nitrogens with two attached hydrogens (primary N) is 1. The molecule has 2 fully saturated rings. The van der Waals surface area contributed by atoms with E-state index in [1.54, 1.807) is 0 Å². The van der Waals surface area contributed by atoms with Crippen molar-refractivity contribution in [3.8, 4) is 0 Å². The fraction of sp³-hybridized carbons (Fsp3) is 0.900. The average Bonchev–Trinajstić information content (AvgIpc) is 2.56. The Morgan fingerprint density at radius 3 is 2.38 bits per heavy atom. The van der Waals surface area contributed by atoms with E-state index in [-0.39, 0.29) is 5.92 Å². The molecular weight excluding hydrogens is 164 g/mol. The molecule has 0 radical (unpaired) electrons. The van der Waals surface area contributed by atoms with Crippen LogP contribution in [0.25, 0.3) is 0 Å². The molecular formula is C10H18N2O. The van der Waals surface area contributed by atoms with E-state index in [9.17, 15) is 4.79 Å². The SMILES string of the molecule is CC(C)C(=O)N1CC2C(CN)C2C1. The summed E-state index contributed by atoms with van der Waals surface area (Å²) in [5.41, 5.74) is 5.60. The van der Waals surface area contributed by atoms with Crippen LogP contribution in [0, 0.1) is 23.7 Å². The summed E-state index contributed by atoms with van der Waals surface area (Å²) < 4.78 is 0. The van der Waals surface area contributed by atoms with Crippen LogP contribution in [0.1, 0.15) is 13.8 Å². The first-order valence-electron chi connectivity index (χ1n) is 5.14. The molecule has 2 atom stereocenters. The van der Waals surface area contributed by atoms with Gasteiger partial charge >= 0.3 is 0 Å². The Labute approximate surface area is 79.3 Å². The van der Waals surface area contributed by atoms with Crippen molar-refractivity contribution in [2.45, 2.75) is 13.8 Å². The maximum Gasteiger partial charge on any atom is 0.225 e. The molecule has 1 aliphatic heterocycles. The summed E-state index contributed by atoms with van der Waals surface area (Å²) in [7, 11) is 0. The predicted molar refractivity (Wildman–Crippen MR) is 50.9 cm³/mol. The average molecular weight is 182 g/mol. The van der Waals surface area contributed by atoms with E-state index < -0.39 is 0 Å². The lowest BCUT2D eigenvalue weighted by Gasteiger charge is -2.21. The molecule has 2 rings (SSSR count). The van der Waals surface area contributed by atoms with Crippen LogP contribution in [0.5, 0.6) is 0 Å². The van der Waals surface area contributed by atoms with Gasteiger partial charge in [0.15, 0.2) is 0 Å². The van der Waals surface area contributed by atoms with Crippen LogP contribution < -0.4 is 5.73 Å². The molecule has 1 amide bonds. The second-order valence-corrected chi connectivity index (χ2v) is 4.63. The summed E-state index contributed by atoms with van der Waals surface area (Å²) in [6.45, 7) is 6.66. The van der Waals surface area contributed by atoms with Crippen LogP contribution in [0.15, 0.2) is 0 Å². The van der Waals surface area contributed by atoms with E-state index in [1.165, 1.54) is 0 Å². The van der Waals surface area contributed by atoms with E-state index in [1.807, 2.05) is 18.7 Å². The molecule has 2 unspecified atom stereocenters. The Morgan fingerprint density at radius 2 is 2.00 bits per heavy atom. The van der Waals surface area contributed by atoms with E-state index >= 15 is 0 Å². The van der Waals surface area contributed by atoms with Crippen LogP contribution in [-0.4, -0.2) is 30.4 Å². The summed E-state index contributed by atoms with van der Waals surface area (Å²) in [4.78, 5) is 13.6. The first-order chi connectivity index (χ1) is 6.15. The number of amides is 1. The minimum Gasteiger partial charge on any atom is -0.342 e. The molecule has 1 saturated heterocycles. The third kappa shape index (κ3) is 1.35. The van der Waals surface area contributed by atoms with Gasteiger partial charge in [-0.2, -0.15) is 0 Å². The molecule has 0 aromatic heterocycles. The Balaban J connectivity index is 1.87. The molecule has 0 bridgehead atoms. The van der Waals surface area contributed by atoms with Crippen molar-refractivity contribution in [1.29, 1.82) is 0 Å². The molecule has 3 nitrogen and oxygen atoms in total. The third-order valence-corrected chi connectivity index (χ3v) is 3.45. The van der Waals surface area contributed by atoms with Gasteiger partial charge in [-0.3, -0.25) is 4.79 Å². The summed E-state index contributed by atoms with van der Waals surface area (Å²) in [6.07, 6.45) is 0. The topological polar surface area (TPSA) is 46.3 Å². The molecule has 0 aromatic carbocycles. The molecule has 0 aromatic rings. The van der Waals surface area contributed by atoms with Crippen molar-refractivity contribution < 1.29 is 4.79 Å². The number of carbonyl (C=O) groups excluding carboxylic acids is 1. The van der Waals surface area contributed by atoms with E-state index in [0.29, 0.717) is 5.91 Å². The Bertz CT molecular complexity index is 215. The summed E-state index contributed by atoms with van der Waals surface area (Å²) >= 11 is 0. The number of hydrogen-bond donors (Lipinski definition) is 1. The van der Waals surface area contributed by atoms with Gasteiger partial charge in [-0.25, -0.2) is 0 Å². The minimum absolute atomic E-state index is 0.147.